The van der Waals surface area contributed by atoms with Crippen LogP contribution < -0.4 is 0 Å². The van der Waals surface area contributed by atoms with Crippen LogP contribution in [0.4, 0.5) is 0 Å². The van der Waals surface area contributed by atoms with Gasteiger partial charge in [-0.05, 0) is 74.9 Å². The SMILES string of the molecule is Cl.Cl.[Zr].c1ccc2c(c1)Cc1c(Cc3cccc4c3Cc3ccccc3-4)cccc1-2. The van der Waals surface area contributed by atoms with E-state index in [2.05, 4.69) is 84.9 Å². The summed E-state index contributed by atoms with van der Waals surface area (Å²) >= 11 is 0. The van der Waals surface area contributed by atoms with E-state index >= 15 is 0 Å². The zero-order chi connectivity index (χ0) is 17.8. The summed E-state index contributed by atoms with van der Waals surface area (Å²) in [4.78, 5) is 0. The second-order valence-corrected chi connectivity index (χ2v) is 7.73. The molecule has 0 heterocycles. The molecular weight excluding hydrogens is 486 g/mol. The minimum absolute atomic E-state index is 0. The molecule has 6 rings (SSSR count). The topological polar surface area (TPSA) is 0 Å². The molecule has 4 aromatic carbocycles. The van der Waals surface area contributed by atoms with Crippen molar-refractivity contribution in [2.24, 2.45) is 0 Å². The summed E-state index contributed by atoms with van der Waals surface area (Å²) in [6.07, 6.45) is 3.15. The first-order chi connectivity index (χ1) is 13.4. The Bertz CT molecular complexity index is 1120. The van der Waals surface area contributed by atoms with E-state index in [1.807, 2.05) is 0 Å². The van der Waals surface area contributed by atoms with Crippen LogP contribution in [-0.2, 0) is 45.5 Å². The van der Waals surface area contributed by atoms with E-state index in [9.17, 15) is 0 Å². The third-order valence-corrected chi connectivity index (χ3v) is 6.28. The van der Waals surface area contributed by atoms with Crippen LogP contribution in [-0.4, -0.2) is 0 Å². The van der Waals surface area contributed by atoms with Crippen molar-refractivity contribution >= 4 is 24.8 Å². The van der Waals surface area contributed by atoms with Gasteiger partial charge in [-0.3, -0.25) is 0 Å². The molecule has 0 aliphatic heterocycles. The second-order valence-electron chi connectivity index (χ2n) is 7.73. The number of hydrogen-bond acceptors (Lipinski definition) is 0. The average molecular weight is 509 g/mol. The van der Waals surface area contributed by atoms with Crippen molar-refractivity contribution in [3.63, 3.8) is 0 Å². The van der Waals surface area contributed by atoms with Crippen molar-refractivity contribution in [1.82, 2.24) is 0 Å². The summed E-state index contributed by atoms with van der Waals surface area (Å²) in [5.41, 5.74) is 14.6. The Morgan fingerprint density at radius 1 is 0.467 bits per heavy atom. The maximum absolute atomic E-state index is 2.33. The predicted octanol–water partition coefficient (Wildman–Crippen LogP) is 7.26. The van der Waals surface area contributed by atoms with Gasteiger partial charge < -0.3 is 0 Å². The molecule has 0 saturated carbocycles. The maximum Gasteiger partial charge on any atom is 0 e. The predicted molar refractivity (Wildman–Crippen MR) is 127 cm³/mol. The molecule has 0 atom stereocenters. The molecule has 4 aromatic rings. The molecule has 0 fully saturated rings. The second kappa shape index (κ2) is 9.23. The third-order valence-electron chi connectivity index (χ3n) is 6.28. The van der Waals surface area contributed by atoms with Crippen LogP contribution in [0.25, 0.3) is 22.3 Å². The van der Waals surface area contributed by atoms with Gasteiger partial charge in [0.2, 0.25) is 0 Å². The van der Waals surface area contributed by atoms with Gasteiger partial charge in [0.05, 0.1) is 0 Å². The summed E-state index contributed by atoms with van der Waals surface area (Å²) in [5.74, 6) is 0. The Kier molecular flexibility index (Phi) is 7.08. The fraction of sp³-hybridized carbons (Fsp3) is 0.111. The summed E-state index contributed by atoms with van der Waals surface area (Å²) < 4.78 is 0. The molecule has 0 aromatic heterocycles. The van der Waals surface area contributed by atoms with E-state index in [1.165, 1.54) is 55.6 Å². The van der Waals surface area contributed by atoms with E-state index in [4.69, 9.17) is 0 Å². The van der Waals surface area contributed by atoms with Crippen molar-refractivity contribution < 1.29 is 26.2 Å². The van der Waals surface area contributed by atoms with E-state index in [-0.39, 0.29) is 51.0 Å². The molecule has 148 valence electrons. The Labute approximate surface area is 209 Å². The van der Waals surface area contributed by atoms with Gasteiger partial charge in [-0.25, -0.2) is 0 Å². The maximum atomic E-state index is 2.33. The zero-order valence-electron chi connectivity index (χ0n) is 16.5. The van der Waals surface area contributed by atoms with Crippen molar-refractivity contribution in [3.05, 3.63) is 118 Å². The van der Waals surface area contributed by atoms with Gasteiger partial charge in [0.25, 0.3) is 0 Å². The molecule has 0 bridgehead atoms. The molecule has 2 aliphatic carbocycles. The van der Waals surface area contributed by atoms with Gasteiger partial charge in [0, 0.05) is 26.2 Å². The number of fused-ring (bicyclic) bond motifs is 6. The largest absolute Gasteiger partial charge is 0.147 e. The fourth-order valence-electron chi connectivity index (χ4n) is 4.98. The molecule has 30 heavy (non-hydrogen) atoms. The molecule has 0 saturated heterocycles. The summed E-state index contributed by atoms with van der Waals surface area (Å²) in [5, 5.41) is 0. The van der Waals surface area contributed by atoms with Crippen molar-refractivity contribution in [3.8, 4) is 22.3 Å². The number of hydrogen-bond donors (Lipinski definition) is 0. The normalized spacial score (nSPS) is 11.7. The summed E-state index contributed by atoms with van der Waals surface area (Å²) in [6.45, 7) is 0. The van der Waals surface area contributed by atoms with Crippen LogP contribution in [0.1, 0.15) is 33.4 Å². The van der Waals surface area contributed by atoms with Crippen molar-refractivity contribution in [2.45, 2.75) is 19.3 Å². The van der Waals surface area contributed by atoms with Gasteiger partial charge in [-0.2, -0.15) is 0 Å². The van der Waals surface area contributed by atoms with Crippen LogP contribution in [0.15, 0.2) is 84.9 Å². The van der Waals surface area contributed by atoms with Crippen LogP contribution in [0.3, 0.4) is 0 Å². The van der Waals surface area contributed by atoms with Gasteiger partial charge in [-0.15, -0.1) is 24.8 Å². The number of rotatable bonds is 2. The van der Waals surface area contributed by atoms with Gasteiger partial charge in [-0.1, -0.05) is 84.9 Å². The molecule has 0 spiro atoms. The monoisotopic (exact) mass is 506 g/mol. The molecule has 2 aliphatic rings. The molecule has 0 radical (unpaired) electrons. The van der Waals surface area contributed by atoms with Crippen molar-refractivity contribution in [1.29, 1.82) is 0 Å². The van der Waals surface area contributed by atoms with Crippen LogP contribution in [0.2, 0.25) is 0 Å². The smallest absolute Gasteiger partial charge is 0 e. The minimum Gasteiger partial charge on any atom is -0.147 e. The Morgan fingerprint density at radius 2 is 0.867 bits per heavy atom. The summed E-state index contributed by atoms with van der Waals surface area (Å²) in [6, 6.07) is 31.4. The molecule has 0 unspecified atom stereocenters. The molecule has 0 N–H and O–H groups in total. The van der Waals surface area contributed by atoms with Crippen molar-refractivity contribution in [2.75, 3.05) is 0 Å². The molecule has 0 amide bonds. The number of halogens is 2. The Morgan fingerprint density at radius 3 is 1.33 bits per heavy atom. The van der Waals surface area contributed by atoms with Gasteiger partial charge in [0.15, 0.2) is 0 Å². The standard InChI is InChI=1S/C27H20.2ClH.Zr/c1-3-11-22-20(7-1)16-26-18(9-5-13-24(22)26)15-19-10-6-14-25-23-12-4-2-8-21(23)17-27(19)25;;;/h1-14H,15-17H2;2*1H;. The van der Waals surface area contributed by atoms with Gasteiger partial charge >= 0.3 is 0 Å². The average Bonchev–Trinajstić information content (AvgIpc) is 3.28. The van der Waals surface area contributed by atoms with Crippen LogP contribution in [0.5, 0.6) is 0 Å². The van der Waals surface area contributed by atoms with Gasteiger partial charge in [0.1, 0.15) is 0 Å². The first-order valence-corrected chi connectivity index (χ1v) is 9.76. The third kappa shape index (κ3) is 3.62. The fourth-order valence-corrected chi connectivity index (χ4v) is 4.98. The van der Waals surface area contributed by atoms with E-state index < -0.39 is 0 Å². The quantitative estimate of drug-likeness (QED) is 0.231. The molecule has 0 nitrogen and oxygen atoms in total. The van der Waals surface area contributed by atoms with Crippen LogP contribution >= 0.6 is 24.8 Å². The first-order valence-electron chi connectivity index (χ1n) is 9.76. The zero-order valence-corrected chi connectivity index (χ0v) is 20.6. The summed E-state index contributed by atoms with van der Waals surface area (Å²) in [7, 11) is 0. The molecule has 3 heteroatoms. The minimum atomic E-state index is 0. The molecular formula is C27H22Cl2Zr. The van der Waals surface area contributed by atoms with E-state index in [1.54, 1.807) is 0 Å². The number of benzene rings is 4. The first kappa shape index (κ1) is 23.0. The van der Waals surface area contributed by atoms with Crippen LogP contribution in [0, 0.1) is 0 Å². The Balaban J connectivity index is 0.000000853. The Hall–Kier alpha value is -1.66. The van der Waals surface area contributed by atoms with E-state index in [0.717, 1.165) is 19.3 Å². The van der Waals surface area contributed by atoms with E-state index in [0.29, 0.717) is 0 Å².